The van der Waals surface area contributed by atoms with Gasteiger partial charge in [-0.05, 0) is 142 Å². The van der Waals surface area contributed by atoms with E-state index in [0.717, 1.165) is 101 Å². The fourth-order valence-corrected chi connectivity index (χ4v) is 8.64. The van der Waals surface area contributed by atoms with Gasteiger partial charge < -0.3 is 0 Å². The smallest absolute Gasteiger partial charge is 0.0717 e. The van der Waals surface area contributed by atoms with Crippen molar-refractivity contribution in [1.82, 2.24) is 39.9 Å². The molecular weight excluding hydrogens is 809 g/mol. The van der Waals surface area contributed by atoms with Crippen LogP contribution < -0.4 is 0 Å². The fourth-order valence-electron chi connectivity index (χ4n) is 8.64. The molecule has 0 unspecified atom stereocenters. The highest BCUT2D eigenvalue weighted by Gasteiger charge is 2.14. The number of aromatic nitrogens is 8. The molecule has 8 nitrogen and oxygen atoms in total. The van der Waals surface area contributed by atoms with Crippen LogP contribution in [0, 0.1) is 0 Å². The second-order valence-corrected chi connectivity index (χ2v) is 16.1. The number of nitrogens with zero attached hydrogens (tertiary/aromatic N) is 8. The van der Waals surface area contributed by atoms with Crippen LogP contribution in [0.4, 0.5) is 0 Å². The standard InChI is InChI=1S/C58H36N8/c1-2-8-46-45(7-1)47-19-11-37(53-21-13-41(33-61-53)57-25-17-43(35-65-57)55-23-15-39(31-63-55)51-9-3-5-27-59-51)29-49(47)50-30-38(12-20-48(46)50)54-22-14-42(34-62-54)58-26-18-44(36-66-58)56-24-16-40(32-64-56)52-10-4-6-28-60-52/h1-36H. The predicted octanol–water partition coefficient (Wildman–Crippen LogP) is 13.6. The van der Waals surface area contributed by atoms with Crippen molar-refractivity contribution in [2.24, 2.45) is 0 Å². The molecule has 4 aromatic carbocycles. The van der Waals surface area contributed by atoms with Crippen molar-refractivity contribution in [3.63, 3.8) is 0 Å². The lowest BCUT2D eigenvalue weighted by molar-refractivity contribution is 1.25. The summed E-state index contributed by atoms with van der Waals surface area (Å²) < 4.78 is 0. The van der Waals surface area contributed by atoms with E-state index in [0.29, 0.717) is 0 Å². The quantitative estimate of drug-likeness (QED) is 0.139. The zero-order valence-electron chi connectivity index (χ0n) is 35.4. The predicted molar refractivity (Wildman–Crippen MR) is 265 cm³/mol. The van der Waals surface area contributed by atoms with Crippen LogP contribution in [0.25, 0.3) is 122 Å². The molecule has 0 atom stereocenters. The summed E-state index contributed by atoms with van der Waals surface area (Å²) in [6, 6.07) is 58.3. The van der Waals surface area contributed by atoms with Crippen molar-refractivity contribution >= 4 is 32.3 Å². The van der Waals surface area contributed by atoms with Gasteiger partial charge in [0.1, 0.15) is 0 Å². The highest BCUT2D eigenvalue weighted by molar-refractivity contribution is 6.26. The molecule has 12 rings (SSSR count). The second kappa shape index (κ2) is 16.5. The Morgan fingerprint density at radius 3 is 0.712 bits per heavy atom. The van der Waals surface area contributed by atoms with Gasteiger partial charge in [-0.3, -0.25) is 39.9 Å². The van der Waals surface area contributed by atoms with Crippen molar-refractivity contribution in [2.75, 3.05) is 0 Å². The molecule has 308 valence electrons. The monoisotopic (exact) mass is 844 g/mol. The SMILES string of the molecule is c1ccc(-c2ccc(-c3ccc(-c4ccc(-c5ccc6c7ccccc7c7ccc(-c8ccc(-c9ccc(-c%10ccc(-c%11ccccn%11)cn%10)cn9)cn8)cc7c6c5)nc4)nc3)nc2)nc1. The first-order valence-electron chi connectivity index (χ1n) is 21.7. The van der Waals surface area contributed by atoms with Crippen LogP contribution in [0.3, 0.4) is 0 Å². The molecule has 0 bridgehead atoms. The first kappa shape index (κ1) is 38.5. The number of fused-ring (bicyclic) bond motifs is 6. The van der Waals surface area contributed by atoms with E-state index in [-0.39, 0.29) is 0 Å². The molecule has 0 saturated carbocycles. The van der Waals surface area contributed by atoms with E-state index >= 15 is 0 Å². The maximum absolute atomic E-state index is 4.95. The molecule has 0 aliphatic carbocycles. The maximum atomic E-state index is 4.95. The summed E-state index contributed by atoms with van der Waals surface area (Å²) in [5, 5.41) is 7.14. The van der Waals surface area contributed by atoms with Gasteiger partial charge in [0.15, 0.2) is 0 Å². The van der Waals surface area contributed by atoms with Crippen LogP contribution in [0.2, 0.25) is 0 Å². The summed E-state index contributed by atoms with van der Waals surface area (Å²) in [6.45, 7) is 0. The first-order valence-corrected chi connectivity index (χ1v) is 21.7. The third kappa shape index (κ3) is 7.28. The van der Waals surface area contributed by atoms with Gasteiger partial charge in [-0.1, -0.05) is 60.7 Å². The van der Waals surface area contributed by atoms with Gasteiger partial charge in [-0.25, -0.2) is 0 Å². The normalized spacial score (nSPS) is 11.3. The van der Waals surface area contributed by atoms with E-state index in [1.165, 1.54) is 21.5 Å². The third-order valence-corrected chi connectivity index (χ3v) is 12.1. The first-order chi connectivity index (χ1) is 32.7. The average Bonchev–Trinajstić information content (AvgIpc) is 3.41. The van der Waals surface area contributed by atoms with Crippen molar-refractivity contribution in [3.8, 4) is 90.1 Å². The minimum absolute atomic E-state index is 0.846. The summed E-state index contributed by atoms with van der Waals surface area (Å²) >= 11 is 0. The van der Waals surface area contributed by atoms with E-state index in [4.69, 9.17) is 19.9 Å². The number of hydrogen-bond donors (Lipinski definition) is 0. The van der Waals surface area contributed by atoms with Crippen LogP contribution >= 0.6 is 0 Å². The van der Waals surface area contributed by atoms with Gasteiger partial charge >= 0.3 is 0 Å². The molecule has 0 fully saturated rings. The molecule has 66 heavy (non-hydrogen) atoms. The average molecular weight is 845 g/mol. The molecule has 0 aliphatic heterocycles. The molecule has 0 spiro atoms. The highest BCUT2D eigenvalue weighted by Crippen LogP contribution is 2.39. The highest BCUT2D eigenvalue weighted by atomic mass is 14.8. The van der Waals surface area contributed by atoms with E-state index < -0.39 is 0 Å². The Bertz CT molecular complexity index is 3430. The zero-order chi connectivity index (χ0) is 43.8. The van der Waals surface area contributed by atoms with Crippen molar-refractivity contribution < 1.29 is 0 Å². The summed E-state index contributed by atoms with van der Waals surface area (Å²) in [5.74, 6) is 0. The maximum Gasteiger partial charge on any atom is 0.0717 e. The minimum atomic E-state index is 0.846. The van der Waals surface area contributed by atoms with Gasteiger partial charge in [0.2, 0.25) is 0 Å². The van der Waals surface area contributed by atoms with Gasteiger partial charge in [0.25, 0.3) is 0 Å². The topological polar surface area (TPSA) is 103 Å². The van der Waals surface area contributed by atoms with Gasteiger partial charge in [0.05, 0.1) is 45.6 Å². The Kier molecular flexibility index (Phi) is 9.65. The second-order valence-electron chi connectivity index (χ2n) is 16.1. The Hall–Kier alpha value is -9.14. The molecule has 0 aliphatic rings. The number of hydrogen-bond acceptors (Lipinski definition) is 8. The van der Waals surface area contributed by atoms with Crippen LogP contribution in [-0.2, 0) is 0 Å². The van der Waals surface area contributed by atoms with Crippen molar-refractivity contribution in [3.05, 3.63) is 219 Å². The summed E-state index contributed by atoms with van der Waals surface area (Å²) in [6.07, 6.45) is 14.8. The molecule has 0 amide bonds. The van der Waals surface area contributed by atoms with Crippen LogP contribution in [0.1, 0.15) is 0 Å². The Balaban J connectivity index is 0.809. The van der Waals surface area contributed by atoms with Gasteiger partial charge in [-0.15, -0.1) is 0 Å². The van der Waals surface area contributed by atoms with Gasteiger partial charge in [-0.2, -0.15) is 0 Å². The lowest BCUT2D eigenvalue weighted by atomic mass is 9.91. The van der Waals surface area contributed by atoms with Crippen LogP contribution in [0.15, 0.2) is 219 Å². The fraction of sp³-hybridized carbons (Fsp3) is 0. The number of benzene rings is 4. The van der Waals surface area contributed by atoms with Crippen LogP contribution in [-0.4, -0.2) is 39.9 Å². The van der Waals surface area contributed by atoms with Crippen molar-refractivity contribution in [1.29, 1.82) is 0 Å². The summed E-state index contributed by atoms with van der Waals surface area (Å²) in [5.41, 5.74) is 14.8. The number of rotatable bonds is 8. The lowest BCUT2D eigenvalue weighted by Crippen LogP contribution is -1.91. The molecule has 8 heterocycles. The molecule has 8 aromatic heterocycles. The molecular formula is C58H36N8. The lowest BCUT2D eigenvalue weighted by Gasteiger charge is -2.13. The molecule has 8 heteroatoms. The Morgan fingerprint density at radius 2 is 0.439 bits per heavy atom. The molecule has 0 saturated heterocycles. The van der Waals surface area contributed by atoms with E-state index in [2.05, 4.69) is 117 Å². The largest absolute Gasteiger partial charge is 0.256 e. The van der Waals surface area contributed by atoms with E-state index in [1.807, 2.05) is 110 Å². The zero-order valence-corrected chi connectivity index (χ0v) is 35.4. The molecule has 0 radical (unpaired) electrons. The van der Waals surface area contributed by atoms with E-state index in [9.17, 15) is 0 Å². The molecule has 12 aromatic rings. The third-order valence-electron chi connectivity index (χ3n) is 12.1. The van der Waals surface area contributed by atoms with Crippen LogP contribution in [0.5, 0.6) is 0 Å². The minimum Gasteiger partial charge on any atom is -0.256 e. The Labute approximate surface area is 380 Å². The molecule has 0 N–H and O–H groups in total. The summed E-state index contributed by atoms with van der Waals surface area (Å²) in [7, 11) is 0. The Morgan fingerprint density at radius 1 is 0.182 bits per heavy atom. The number of pyridine rings is 8. The van der Waals surface area contributed by atoms with Gasteiger partial charge in [0, 0.05) is 94.1 Å². The van der Waals surface area contributed by atoms with E-state index in [1.54, 1.807) is 12.4 Å². The summed E-state index contributed by atoms with van der Waals surface area (Å²) in [4.78, 5) is 37.7. The van der Waals surface area contributed by atoms with Crippen molar-refractivity contribution in [2.45, 2.75) is 0 Å².